The molecule has 0 saturated heterocycles. The van der Waals surface area contributed by atoms with Crippen LogP contribution in [0.25, 0.3) is 11.3 Å². The first-order valence-corrected chi connectivity index (χ1v) is 5.66. The molecule has 2 N–H and O–H groups in total. The molecule has 0 atom stereocenters. The van der Waals surface area contributed by atoms with Gasteiger partial charge in [-0.25, -0.2) is 0 Å². The van der Waals surface area contributed by atoms with Gasteiger partial charge in [0, 0.05) is 12.1 Å². The molecule has 0 saturated carbocycles. The van der Waals surface area contributed by atoms with Gasteiger partial charge in [-0.1, -0.05) is 0 Å². The zero-order chi connectivity index (χ0) is 11.5. The maximum atomic E-state index is 5.72. The second kappa shape index (κ2) is 4.72. The van der Waals surface area contributed by atoms with Crippen LogP contribution >= 0.6 is 15.9 Å². The van der Waals surface area contributed by atoms with E-state index in [-0.39, 0.29) is 0 Å². The van der Waals surface area contributed by atoms with E-state index in [0.717, 1.165) is 27.1 Å². The monoisotopic (exact) mass is 281 g/mol. The Labute approximate surface area is 102 Å². The number of rotatable bonds is 3. The first kappa shape index (κ1) is 11.2. The van der Waals surface area contributed by atoms with Crippen molar-refractivity contribution in [1.82, 2.24) is 0 Å². The maximum absolute atomic E-state index is 5.72. The topological polar surface area (TPSA) is 48.4 Å². The fourth-order valence-corrected chi connectivity index (χ4v) is 1.99. The lowest BCUT2D eigenvalue weighted by Gasteiger charge is -2.08. The Morgan fingerprint density at radius 2 is 2.19 bits per heavy atom. The molecule has 0 aliphatic carbocycles. The normalized spacial score (nSPS) is 10.4. The molecule has 0 aliphatic heterocycles. The standard InChI is InChI=1S/C12H12BrNO2/c1-15-9-2-3-10(8(6-9)7-14)12-11(13)4-5-16-12/h2-6H,7,14H2,1H3. The summed E-state index contributed by atoms with van der Waals surface area (Å²) >= 11 is 3.44. The second-order valence-corrected chi connectivity index (χ2v) is 4.18. The van der Waals surface area contributed by atoms with Gasteiger partial charge in [-0.05, 0) is 45.8 Å². The molecule has 0 unspecified atom stereocenters. The van der Waals surface area contributed by atoms with E-state index in [9.17, 15) is 0 Å². The van der Waals surface area contributed by atoms with Crippen LogP contribution in [0, 0.1) is 0 Å². The van der Waals surface area contributed by atoms with E-state index in [1.54, 1.807) is 13.4 Å². The van der Waals surface area contributed by atoms with Crippen molar-refractivity contribution < 1.29 is 9.15 Å². The molecule has 1 aromatic heterocycles. The van der Waals surface area contributed by atoms with Crippen LogP contribution in [0.3, 0.4) is 0 Å². The molecular weight excluding hydrogens is 270 g/mol. The number of hydrogen-bond acceptors (Lipinski definition) is 3. The molecule has 1 heterocycles. The molecule has 84 valence electrons. The van der Waals surface area contributed by atoms with Crippen molar-refractivity contribution in [3.05, 3.63) is 40.6 Å². The zero-order valence-corrected chi connectivity index (χ0v) is 10.5. The number of hydrogen-bond donors (Lipinski definition) is 1. The average Bonchev–Trinajstić information content (AvgIpc) is 2.74. The molecule has 0 aliphatic rings. The quantitative estimate of drug-likeness (QED) is 0.940. The van der Waals surface area contributed by atoms with Gasteiger partial charge in [-0.15, -0.1) is 0 Å². The lowest BCUT2D eigenvalue weighted by Crippen LogP contribution is -1.99. The number of methoxy groups -OCH3 is 1. The second-order valence-electron chi connectivity index (χ2n) is 3.32. The fourth-order valence-electron chi connectivity index (χ4n) is 1.57. The van der Waals surface area contributed by atoms with Gasteiger partial charge in [-0.3, -0.25) is 0 Å². The predicted octanol–water partition coefficient (Wildman–Crippen LogP) is 3.18. The van der Waals surface area contributed by atoms with Gasteiger partial charge in [-0.2, -0.15) is 0 Å². The van der Waals surface area contributed by atoms with Crippen molar-refractivity contribution in [2.24, 2.45) is 5.73 Å². The van der Waals surface area contributed by atoms with Crippen molar-refractivity contribution in [1.29, 1.82) is 0 Å². The number of halogens is 1. The minimum absolute atomic E-state index is 0.444. The van der Waals surface area contributed by atoms with E-state index in [2.05, 4.69) is 15.9 Å². The van der Waals surface area contributed by atoms with Gasteiger partial charge >= 0.3 is 0 Å². The van der Waals surface area contributed by atoms with Crippen LogP contribution in [0.15, 0.2) is 39.4 Å². The third-order valence-corrected chi connectivity index (χ3v) is 3.02. The van der Waals surface area contributed by atoms with Gasteiger partial charge in [0.15, 0.2) is 0 Å². The van der Waals surface area contributed by atoms with Crippen molar-refractivity contribution >= 4 is 15.9 Å². The molecule has 0 amide bonds. The fraction of sp³-hybridized carbons (Fsp3) is 0.167. The Hall–Kier alpha value is -1.26. The molecule has 0 fully saturated rings. The number of nitrogens with two attached hydrogens (primary N) is 1. The van der Waals surface area contributed by atoms with E-state index < -0.39 is 0 Å². The van der Waals surface area contributed by atoms with E-state index in [1.165, 1.54) is 0 Å². The largest absolute Gasteiger partial charge is 0.497 e. The van der Waals surface area contributed by atoms with Crippen LogP contribution < -0.4 is 10.5 Å². The average molecular weight is 282 g/mol. The SMILES string of the molecule is COc1ccc(-c2occc2Br)c(CN)c1. The molecule has 0 radical (unpaired) electrons. The van der Waals surface area contributed by atoms with Crippen molar-refractivity contribution in [3.8, 4) is 17.1 Å². The van der Waals surface area contributed by atoms with Gasteiger partial charge in [0.25, 0.3) is 0 Å². The van der Waals surface area contributed by atoms with Crippen LogP contribution in [-0.4, -0.2) is 7.11 Å². The Balaban J connectivity index is 2.53. The third-order valence-electron chi connectivity index (χ3n) is 2.39. The summed E-state index contributed by atoms with van der Waals surface area (Å²) in [5.41, 5.74) is 7.70. The Bertz CT molecular complexity index is 494. The maximum Gasteiger partial charge on any atom is 0.148 e. The number of ether oxygens (including phenoxy) is 1. The third kappa shape index (κ3) is 1.99. The van der Waals surface area contributed by atoms with E-state index in [4.69, 9.17) is 14.9 Å². The van der Waals surface area contributed by atoms with Crippen molar-refractivity contribution in [2.45, 2.75) is 6.54 Å². The molecular formula is C12H12BrNO2. The van der Waals surface area contributed by atoms with E-state index >= 15 is 0 Å². The summed E-state index contributed by atoms with van der Waals surface area (Å²) in [5, 5.41) is 0. The lowest BCUT2D eigenvalue weighted by atomic mass is 10.1. The predicted molar refractivity (Wildman–Crippen MR) is 66.3 cm³/mol. The van der Waals surface area contributed by atoms with Crippen LogP contribution in [0.5, 0.6) is 5.75 Å². The van der Waals surface area contributed by atoms with Crippen LogP contribution in [-0.2, 0) is 6.54 Å². The van der Waals surface area contributed by atoms with Gasteiger partial charge in [0.1, 0.15) is 11.5 Å². The molecule has 4 heteroatoms. The molecule has 2 aromatic rings. The van der Waals surface area contributed by atoms with Gasteiger partial charge < -0.3 is 14.9 Å². The van der Waals surface area contributed by atoms with Crippen LogP contribution in [0.4, 0.5) is 0 Å². The molecule has 2 rings (SSSR count). The molecule has 0 spiro atoms. The molecule has 1 aromatic carbocycles. The summed E-state index contributed by atoms with van der Waals surface area (Å²) in [4.78, 5) is 0. The smallest absolute Gasteiger partial charge is 0.148 e. The van der Waals surface area contributed by atoms with Crippen molar-refractivity contribution in [3.63, 3.8) is 0 Å². The minimum Gasteiger partial charge on any atom is -0.497 e. The lowest BCUT2D eigenvalue weighted by molar-refractivity contribution is 0.414. The first-order chi connectivity index (χ1) is 7.76. The number of furan rings is 1. The summed E-state index contributed by atoms with van der Waals surface area (Å²) in [5.74, 6) is 1.59. The highest BCUT2D eigenvalue weighted by Crippen LogP contribution is 2.33. The minimum atomic E-state index is 0.444. The summed E-state index contributed by atoms with van der Waals surface area (Å²) in [6.07, 6.45) is 1.64. The van der Waals surface area contributed by atoms with Crippen LogP contribution in [0.1, 0.15) is 5.56 Å². The highest BCUT2D eigenvalue weighted by molar-refractivity contribution is 9.10. The highest BCUT2D eigenvalue weighted by Gasteiger charge is 2.11. The summed E-state index contributed by atoms with van der Waals surface area (Å²) < 4.78 is 11.5. The molecule has 3 nitrogen and oxygen atoms in total. The van der Waals surface area contributed by atoms with E-state index in [0.29, 0.717) is 6.54 Å². The summed E-state index contributed by atoms with van der Waals surface area (Å²) in [7, 11) is 1.64. The summed E-state index contributed by atoms with van der Waals surface area (Å²) in [6.45, 7) is 0.444. The van der Waals surface area contributed by atoms with Gasteiger partial charge in [0.05, 0.1) is 17.8 Å². The van der Waals surface area contributed by atoms with Gasteiger partial charge in [0.2, 0.25) is 0 Å². The van der Waals surface area contributed by atoms with E-state index in [1.807, 2.05) is 24.3 Å². The Morgan fingerprint density at radius 3 is 2.75 bits per heavy atom. The molecule has 16 heavy (non-hydrogen) atoms. The highest BCUT2D eigenvalue weighted by atomic mass is 79.9. The Morgan fingerprint density at radius 1 is 1.38 bits per heavy atom. The number of benzene rings is 1. The summed E-state index contributed by atoms with van der Waals surface area (Å²) in [6, 6.07) is 7.62. The van der Waals surface area contributed by atoms with Crippen molar-refractivity contribution in [2.75, 3.05) is 7.11 Å². The zero-order valence-electron chi connectivity index (χ0n) is 8.87. The Kier molecular flexibility index (Phi) is 3.31. The van der Waals surface area contributed by atoms with Crippen LogP contribution in [0.2, 0.25) is 0 Å². The first-order valence-electron chi connectivity index (χ1n) is 4.86. The molecule has 0 bridgehead atoms.